The molecule has 3 aliphatic rings. The van der Waals surface area contributed by atoms with Crippen LogP contribution in [0.4, 0.5) is 5.82 Å². The Morgan fingerprint density at radius 1 is 1.16 bits per heavy atom. The highest BCUT2D eigenvalue weighted by atomic mass is 79.9. The molecule has 0 saturated carbocycles. The standard InChI is InChI=1S/C28H33BrN6O2/c1-28(14-25(31-16-18-5-4-10-30-15-18)35-26(33-28)23(29)17-32-35)19-8-11-34(12-9-19)27(37)22-13-24(36)21-7-3-2-6-20(21)22/h2-7,10,14-15,17,19,22,24,27,31,33,36-37H,8-9,11-13,16H2,1H3. The summed E-state index contributed by atoms with van der Waals surface area (Å²) in [5.41, 5.74) is 2.87. The first-order valence-electron chi connectivity index (χ1n) is 13.0. The molecule has 6 rings (SSSR count). The van der Waals surface area contributed by atoms with E-state index in [2.05, 4.69) is 60.6 Å². The Kier molecular flexibility index (Phi) is 6.56. The Bertz CT molecular complexity index is 1290. The summed E-state index contributed by atoms with van der Waals surface area (Å²) in [5, 5.41) is 33.7. The summed E-state index contributed by atoms with van der Waals surface area (Å²) in [4.78, 5) is 6.41. The molecule has 3 aromatic rings. The van der Waals surface area contributed by atoms with Crippen molar-refractivity contribution in [3.8, 4) is 0 Å². The van der Waals surface area contributed by atoms with E-state index in [1.54, 1.807) is 6.20 Å². The molecule has 2 aliphatic heterocycles. The third-order valence-electron chi connectivity index (χ3n) is 8.32. The predicted molar refractivity (Wildman–Crippen MR) is 146 cm³/mol. The van der Waals surface area contributed by atoms with Crippen molar-refractivity contribution in [2.75, 3.05) is 18.4 Å². The number of piperidine rings is 1. The summed E-state index contributed by atoms with van der Waals surface area (Å²) in [6, 6.07) is 12.0. The van der Waals surface area contributed by atoms with Crippen LogP contribution < -0.4 is 10.6 Å². The maximum Gasteiger partial charge on any atom is 0.146 e. The Labute approximate surface area is 225 Å². The first-order chi connectivity index (χ1) is 17.9. The first-order valence-corrected chi connectivity index (χ1v) is 13.8. The van der Waals surface area contributed by atoms with Gasteiger partial charge in [0.2, 0.25) is 0 Å². The molecule has 0 amide bonds. The highest BCUT2D eigenvalue weighted by Crippen LogP contribution is 2.44. The van der Waals surface area contributed by atoms with E-state index in [9.17, 15) is 10.2 Å². The molecule has 37 heavy (non-hydrogen) atoms. The minimum absolute atomic E-state index is 0.0559. The second-order valence-electron chi connectivity index (χ2n) is 10.6. The lowest BCUT2D eigenvalue weighted by atomic mass is 9.77. The number of aliphatic hydroxyl groups is 2. The molecule has 1 saturated heterocycles. The minimum atomic E-state index is -0.589. The number of nitrogens with one attached hydrogen (secondary N) is 2. The number of fused-ring (bicyclic) bond motifs is 2. The zero-order valence-electron chi connectivity index (χ0n) is 20.9. The van der Waals surface area contributed by atoms with Gasteiger partial charge in [-0.05, 0) is 76.9 Å². The summed E-state index contributed by atoms with van der Waals surface area (Å²) in [6.45, 7) is 4.53. The number of nitrogens with zero attached hydrogens (tertiary/aromatic N) is 4. The lowest BCUT2D eigenvalue weighted by Gasteiger charge is -2.45. The largest absolute Gasteiger partial charge is 0.388 e. The van der Waals surface area contributed by atoms with Crippen LogP contribution in [0, 0.1) is 5.92 Å². The van der Waals surface area contributed by atoms with Crippen molar-refractivity contribution in [1.82, 2.24) is 25.0 Å². The van der Waals surface area contributed by atoms with Gasteiger partial charge in [-0.15, -0.1) is 0 Å². The number of pyridine rings is 1. The van der Waals surface area contributed by atoms with E-state index in [1.165, 1.54) is 0 Å². The zero-order valence-corrected chi connectivity index (χ0v) is 22.5. The minimum Gasteiger partial charge on any atom is -0.388 e. The van der Waals surface area contributed by atoms with Crippen molar-refractivity contribution in [1.29, 1.82) is 0 Å². The van der Waals surface area contributed by atoms with Crippen LogP contribution in [0.5, 0.6) is 0 Å². The zero-order chi connectivity index (χ0) is 25.6. The quantitative estimate of drug-likeness (QED) is 0.358. The van der Waals surface area contributed by atoms with E-state index in [1.807, 2.05) is 47.4 Å². The van der Waals surface area contributed by atoms with Gasteiger partial charge in [0.05, 0.1) is 22.3 Å². The molecule has 8 nitrogen and oxygen atoms in total. The topological polar surface area (TPSA) is 98.5 Å². The first kappa shape index (κ1) is 24.6. The Morgan fingerprint density at radius 3 is 2.70 bits per heavy atom. The van der Waals surface area contributed by atoms with Crippen LogP contribution in [0.1, 0.15) is 54.9 Å². The van der Waals surface area contributed by atoms with Gasteiger partial charge in [-0.2, -0.15) is 5.10 Å². The van der Waals surface area contributed by atoms with Gasteiger partial charge >= 0.3 is 0 Å². The van der Waals surface area contributed by atoms with Gasteiger partial charge in [0.1, 0.15) is 17.9 Å². The van der Waals surface area contributed by atoms with Gasteiger partial charge in [-0.25, -0.2) is 4.68 Å². The summed E-state index contributed by atoms with van der Waals surface area (Å²) >= 11 is 3.66. The molecule has 1 aromatic carbocycles. The van der Waals surface area contributed by atoms with E-state index in [0.29, 0.717) is 18.9 Å². The van der Waals surface area contributed by atoms with Gasteiger partial charge in [0, 0.05) is 37.9 Å². The normalized spacial score (nSPS) is 26.6. The Balaban J connectivity index is 1.17. The van der Waals surface area contributed by atoms with Crippen molar-refractivity contribution in [3.63, 3.8) is 0 Å². The molecule has 9 heteroatoms. The van der Waals surface area contributed by atoms with Crippen molar-refractivity contribution in [2.45, 2.75) is 56.5 Å². The molecule has 2 aromatic heterocycles. The third kappa shape index (κ3) is 4.58. The van der Waals surface area contributed by atoms with E-state index < -0.39 is 12.3 Å². The monoisotopic (exact) mass is 564 g/mol. The maximum absolute atomic E-state index is 11.3. The van der Waals surface area contributed by atoms with Gasteiger partial charge in [0.25, 0.3) is 0 Å². The smallest absolute Gasteiger partial charge is 0.146 e. The SMILES string of the molecule is CC1(C2CCN(C(O)C3CC(O)c4ccccc43)CC2)C=C(NCc2cccnc2)n2ncc(Br)c2N1. The Morgan fingerprint density at radius 2 is 1.95 bits per heavy atom. The summed E-state index contributed by atoms with van der Waals surface area (Å²) in [7, 11) is 0. The van der Waals surface area contributed by atoms with Crippen molar-refractivity contribution in [2.24, 2.45) is 5.92 Å². The molecule has 1 fully saturated rings. The fourth-order valence-electron chi connectivity index (χ4n) is 6.25. The number of likely N-dealkylation sites (tertiary alicyclic amines) is 1. The maximum atomic E-state index is 11.3. The predicted octanol–water partition coefficient (Wildman–Crippen LogP) is 4.06. The lowest BCUT2D eigenvalue weighted by Crippen LogP contribution is -2.52. The van der Waals surface area contributed by atoms with Crippen molar-refractivity contribution >= 4 is 27.6 Å². The lowest BCUT2D eigenvalue weighted by molar-refractivity contribution is -0.0426. The second kappa shape index (κ2) is 9.87. The third-order valence-corrected chi connectivity index (χ3v) is 8.90. The number of hydrogen-bond acceptors (Lipinski definition) is 7. The van der Waals surface area contributed by atoms with Crippen LogP contribution in [0.3, 0.4) is 0 Å². The van der Waals surface area contributed by atoms with E-state index in [4.69, 9.17) is 0 Å². The average molecular weight is 566 g/mol. The van der Waals surface area contributed by atoms with Crippen LogP contribution in [0.2, 0.25) is 0 Å². The molecule has 194 valence electrons. The molecule has 4 N–H and O–H groups in total. The highest BCUT2D eigenvalue weighted by Gasteiger charge is 2.42. The van der Waals surface area contributed by atoms with Gasteiger partial charge in [-0.1, -0.05) is 30.3 Å². The number of halogens is 1. The number of anilines is 1. The molecule has 0 radical (unpaired) electrons. The van der Waals surface area contributed by atoms with Crippen LogP contribution in [0.25, 0.3) is 5.82 Å². The van der Waals surface area contributed by atoms with Gasteiger partial charge in [-0.3, -0.25) is 9.88 Å². The summed E-state index contributed by atoms with van der Waals surface area (Å²) in [6.07, 6.45) is 9.13. The molecular weight excluding hydrogens is 532 g/mol. The second-order valence-corrected chi connectivity index (χ2v) is 11.5. The van der Waals surface area contributed by atoms with Gasteiger partial charge in [0.15, 0.2) is 0 Å². The number of benzene rings is 1. The van der Waals surface area contributed by atoms with Crippen LogP contribution >= 0.6 is 15.9 Å². The molecule has 1 aliphatic carbocycles. The number of hydrogen-bond donors (Lipinski definition) is 4. The molecular formula is C28H33BrN6O2. The van der Waals surface area contributed by atoms with Gasteiger partial charge < -0.3 is 20.8 Å². The number of aromatic nitrogens is 3. The number of rotatable bonds is 6. The molecule has 0 spiro atoms. The summed E-state index contributed by atoms with van der Waals surface area (Å²) < 4.78 is 2.84. The van der Waals surface area contributed by atoms with Crippen molar-refractivity contribution in [3.05, 3.63) is 82.2 Å². The van der Waals surface area contributed by atoms with Crippen LogP contribution in [0.15, 0.2) is 65.5 Å². The highest BCUT2D eigenvalue weighted by molar-refractivity contribution is 9.10. The fraction of sp³-hybridized carbons (Fsp3) is 0.429. The average Bonchev–Trinajstić information content (AvgIpc) is 3.47. The van der Waals surface area contributed by atoms with E-state index in [-0.39, 0.29) is 11.5 Å². The van der Waals surface area contributed by atoms with Crippen LogP contribution in [-0.2, 0) is 6.54 Å². The molecule has 0 bridgehead atoms. The Hall–Kier alpha value is -2.72. The molecule has 4 heterocycles. The summed E-state index contributed by atoms with van der Waals surface area (Å²) in [5.74, 6) is 2.21. The molecule has 4 unspecified atom stereocenters. The van der Waals surface area contributed by atoms with Crippen LogP contribution in [-0.4, -0.2) is 54.7 Å². The number of aliphatic hydroxyl groups excluding tert-OH is 2. The van der Waals surface area contributed by atoms with E-state index >= 15 is 0 Å². The fourth-order valence-corrected chi connectivity index (χ4v) is 6.61. The van der Waals surface area contributed by atoms with Crippen molar-refractivity contribution < 1.29 is 10.2 Å². The molecule has 4 atom stereocenters. The van der Waals surface area contributed by atoms with E-state index in [0.717, 1.165) is 58.7 Å².